The van der Waals surface area contributed by atoms with Crippen LogP contribution in [0.1, 0.15) is 24.8 Å². The molecule has 1 aliphatic heterocycles. The molecule has 3 heterocycles. The summed E-state index contributed by atoms with van der Waals surface area (Å²) in [5.74, 6) is 2.25. The third kappa shape index (κ3) is 4.00. The van der Waals surface area contributed by atoms with Gasteiger partial charge in [0.1, 0.15) is 5.75 Å². The van der Waals surface area contributed by atoms with Gasteiger partial charge in [0, 0.05) is 17.9 Å². The van der Waals surface area contributed by atoms with Crippen LogP contribution in [0.2, 0.25) is 0 Å². The molecule has 1 saturated heterocycles. The zero-order valence-corrected chi connectivity index (χ0v) is 19.1. The van der Waals surface area contributed by atoms with Gasteiger partial charge in [-0.15, -0.1) is 10.2 Å². The monoisotopic (exact) mass is 449 g/mol. The lowest BCUT2D eigenvalue weighted by Crippen LogP contribution is -2.31. The largest absolute Gasteiger partial charge is 0.496 e. The average molecular weight is 450 g/mol. The van der Waals surface area contributed by atoms with E-state index in [9.17, 15) is 4.79 Å². The van der Waals surface area contributed by atoms with Crippen molar-refractivity contribution in [1.82, 2.24) is 24.1 Å². The van der Waals surface area contributed by atoms with Crippen LogP contribution in [0.3, 0.4) is 0 Å². The number of likely N-dealkylation sites (tertiary alicyclic amines) is 1. The molecule has 0 bridgehead atoms. The molecule has 7 nitrogen and oxygen atoms in total. The number of ether oxygens (including phenoxy) is 1. The van der Waals surface area contributed by atoms with Crippen molar-refractivity contribution in [1.29, 1.82) is 0 Å². The fourth-order valence-corrected chi connectivity index (χ4v) is 5.36. The molecule has 8 heteroatoms. The standard InChI is InChI=1S/C24H27N5O2S/c1-31-21-12-6-3-9-18(21)17-28-22(30)19-10-4-5-11-20(19)29-23(28)25-26-24(29)32-16-15-27-13-7-2-8-14-27/h3-6,9-12H,2,7-8,13-17H2,1H3. The summed E-state index contributed by atoms with van der Waals surface area (Å²) in [6, 6.07) is 15.5. The molecule has 2 aromatic carbocycles. The van der Waals surface area contributed by atoms with E-state index in [0.717, 1.165) is 34.3 Å². The number of thioether (sulfide) groups is 1. The molecule has 0 unspecified atom stereocenters. The van der Waals surface area contributed by atoms with Gasteiger partial charge in [-0.05, 0) is 44.1 Å². The smallest absolute Gasteiger partial charge is 0.263 e. The van der Waals surface area contributed by atoms with Crippen LogP contribution in [0.5, 0.6) is 5.75 Å². The number of methoxy groups -OCH3 is 1. The Kier molecular flexibility index (Phi) is 6.14. The van der Waals surface area contributed by atoms with Crippen molar-refractivity contribution in [2.24, 2.45) is 0 Å². The molecule has 0 spiro atoms. The Bertz CT molecular complexity index is 1290. The fourth-order valence-electron chi connectivity index (χ4n) is 4.42. The molecule has 1 aliphatic rings. The first kappa shape index (κ1) is 21.0. The van der Waals surface area contributed by atoms with E-state index in [0.29, 0.717) is 17.7 Å². The number of rotatable bonds is 7. The first-order valence-electron chi connectivity index (χ1n) is 11.1. The Morgan fingerprint density at radius 1 is 1.00 bits per heavy atom. The number of hydrogen-bond acceptors (Lipinski definition) is 6. The van der Waals surface area contributed by atoms with Gasteiger partial charge in [-0.3, -0.25) is 13.8 Å². The van der Waals surface area contributed by atoms with Crippen LogP contribution in [0.25, 0.3) is 16.7 Å². The van der Waals surface area contributed by atoms with E-state index in [1.807, 2.05) is 52.9 Å². The molecule has 2 aromatic heterocycles. The third-order valence-corrected chi connectivity index (χ3v) is 7.00. The maximum Gasteiger partial charge on any atom is 0.263 e. The highest BCUT2D eigenvalue weighted by Gasteiger charge is 2.18. The minimum Gasteiger partial charge on any atom is -0.496 e. The molecule has 0 radical (unpaired) electrons. The van der Waals surface area contributed by atoms with Gasteiger partial charge in [0.25, 0.3) is 5.56 Å². The summed E-state index contributed by atoms with van der Waals surface area (Å²) in [6.45, 7) is 3.77. The quantitative estimate of drug-likeness (QED) is 0.401. The van der Waals surface area contributed by atoms with E-state index >= 15 is 0 Å². The molecule has 0 saturated carbocycles. The van der Waals surface area contributed by atoms with Gasteiger partial charge >= 0.3 is 0 Å². The number of benzene rings is 2. The van der Waals surface area contributed by atoms with Gasteiger partial charge in [0.15, 0.2) is 5.16 Å². The van der Waals surface area contributed by atoms with Gasteiger partial charge in [-0.25, -0.2) is 0 Å². The van der Waals surface area contributed by atoms with E-state index < -0.39 is 0 Å². The van der Waals surface area contributed by atoms with Crippen molar-refractivity contribution in [3.05, 3.63) is 64.4 Å². The summed E-state index contributed by atoms with van der Waals surface area (Å²) >= 11 is 1.70. The molecule has 0 atom stereocenters. The summed E-state index contributed by atoms with van der Waals surface area (Å²) in [4.78, 5) is 15.9. The number of para-hydroxylation sites is 2. The maximum atomic E-state index is 13.4. The van der Waals surface area contributed by atoms with Crippen molar-refractivity contribution in [2.45, 2.75) is 31.0 Å². The lowest BCUT2D eigenvalue weighted by Gasteiger charge is -2.25. The Morgan fingerprint density at radius 2 is 1.78 bits per heavy atom. The minimum absolute atomic E-state index is 0.0729. The molecule has 32 heavy (non-hydrogen) atoms. The molecular formula is C24H27N5O2S. The Labute approximate surface area is 191 Å². The zero-order chi connectivity index (χ0) is 21.9. The van der Waals surface area contributed by atoms with Crippen molar-refractivity contribution in [3.63, 3.8) is 0 Å². The second-order valence-corrected chi connectivity index (χ2v) is 9.15. The van der Waals surface area contributed by atoms with E-state index in [4.69, 9.17) is 4.74 Å². The van der Waals surface area contributed by atoms with Crippen molar-refractivity contribution < 1.29 is 4.74 Å². The van der Waals surface area contributed by atoms with Gasteiger partial charge in [0.05, 0.1) is 24.6 Å². The van der Waals surface area contributed by atoms with Crippen LogP contribution in [-0.4, -0.2) is 56.6 Å². The topological polar surface area (TPSA) is 64.7 Å². The van der Waals surface area contributed by atoms with Gasteiger partial charge in [-0.1, -0.05) is 48.5 Å². The predicted molar refractivity (Wildman–Crippen MR) is 128 cm³/mol. The summed E-state index contributed by atoms with van der Waals surface area (Å²) in [5, 5.41) is 10.4. The summed E-state index contributed by atoms with van der Waals surface area (Å²) in [6.07, 6.45) is 3.92. The predicted octanol–water partition coefficient (Wildman–Crippen LogP) is 3.68. The van der Waals surface area contributed by atoms with Crippen LogP contribution in [-0.2, 0) is 6.54 Å². The van der Waals surface area contributed by atoms with E-state index in [2.05, 4.69) is 15.1 Å². The number of hydrogen-bond donors (Lipinski definition) is 0. The SMILES string of the molecule is COc1ccccc1Cn1c(=O)c2ccccc2n2c(SCCN3CCCCC3)nnc12. The first-order valence-corrected chi connectivity index (χ1v) is 12.1. The Balaban J connectivity index is 1.54. The van der Waals surface area contributed by atoms with E-state index in [1.54, 1.807) is 23.4 Å². The number of fused-ring (bicyclic) bond motifs is 3. The molecule has 1 fully saturated rings. The Morgan fingerprint density at radius 3 is 2.62 bits per heavy atom. The average Bonchev–Trinajstić information content (AvgIpc) is 3.26. The number of piperidine rings is 1. The molecule has 0 amide bonds. The van der Waals surface area contributed by atoms with Gasteiger partial charge in [-0.2, -0.15) is 0 Å². The van der Waals surface area contributed by atoms with E-state index in [1.165, 1.54) is 32.4 Å². The lowest BCUT2D eigenvalue weighted by atomic mass is 10.1. The molecule has 166 valence electrons. The molecule has 5 rings (SSSR count). The highest BCUT2D eigenvalue weighted by Crippen LogP contribution is 2.24. The zero-order valence-electron chi connectivity index (χ0n) is 18.2. The minimum atomic E-state index is -0.0729. The van der Waals surface area contributed by atoms with Crippen molar-refractivity contribution in [3.8, 4) is 5.75 Å². The maximum absolute atomic E-state index is 13.4. The van der Waals surface area contributed by atoms with Crippen LogP contribution in [0.15, 0.2) is 58.5 Å². The van der Waals surface area contributed by atoms with Crippen LogP contribution >= 0.6 is 11.8 Å². The van der Waals surface area contributed by atoms with Gasteiger partial charge in [0.2, 0.25) is 5.78 Å². The second kappa shape index (κ2) is 9.34. The Hall–Kier alpha value is -2.84. The molecule has 0 N–H and O–H groups in total. The second-order valence-electron chi connectivity index (χ2n) is 8.09. The van der Waals surface area contributed by atoms with Crippen LogP contribution in [0.4, 0.5) is 0 Å². The molecule has 0 aliphatic carbocycles. The van der Waals surface area contributed by atoms with Crippen LogP contribution < -0.4 is 10.3 Å². The highest BCUT2D eigenvalue weighted by atomic mass is 32.2. The third-order valence-electron chi connectivity index (χ3n) is 6.09. The highest BCUT2D eigenvalue weighted by molar-refractivity contribution is 7.99. The fraction of sp³-hybridized carbons (Fsp3) is 0.375. The lowest BCUT2D eigenvalue weighted by molar-refractivity contribution is 0.242. The van der Waals surface area contributed by atoms with Crippen molar-refractivity contribution >= 4 is 28.4 Å². The summed E-state index contributed by atoms with van der Waals surface area (Å²) in [5.41, 5.74) is 1.70. The first-order chi connectivity index (χ1) is 15.8. The van der Waals surface area contributed by atoms with Crippen LogP contribution in [0, 0.1) is 0 Å². The number of nitrogens with zero attached hydrogens (tertiary/aromatic N) is 5. The molecular weight excluding hydrogens is 422 g/mol. The summed E-state index contributed by atoms with van der Waals surface area (Å²) < 4.78 is 9.22. The normalized spacial score (nSPS) is 14.9. The van der Waals surface area contributed by atoms with Gasteiger partial charge < -0.3 is 9.64 Å². The van der Waals surface area contributed by atoms with E-state index in [-0.39, 0.29) is 5.56 Å². The van der Waals surface area contributed by atoms with Crippen molar-refractivity contribution in [2.75, 3.05) is 32.5 Å². The molecule has 4 aromatic rings. The summed E-state index contributed by atoms with van der Waals surface area (Å²) in [7, 11) is 1.64. The number of aromatic nitrogens is 4.